The number of esters is 2. The molecule has 5 heteroatoms. The quantitative estimate of drug-likeness (QED) is 0.0465. The molecule has 240 valence electrons. The summed E-state index contributed by atoms with van der Waals surface area (Å²) in [6.45, 7) is 4.68. The molecule has 0 aliphatic heterocycles. The van der Waals surface area contributed by atoms with E-state index >= 15 is 0 Å². The van der Waals surface area contributed by atoms with Gasteiger partial charge in [0.25, 0.3) is 0 Å². The minimum atomic E-state index is -0.0648. The smallest absolute Gasteiger partial charge is 0.305 e. The van der Waals surface area contributed by atoms with Crippen molar-refractivity contribution in [2.45, 2.75) is 174 Å². The average Bonchev–Trinajstić information content (AvgIpc) is 2.96. The molecular weight excluding hydrogens is 512 g/mol. The van der Waals surface area contributed by atoms with Crippen LogP contribution in [0, 0.1) is 0 Å². The highest BCUT2D eigenvalue weighted by molar-refractivity contribution is 5.69. The van der Waals surface area contributed by atoms with Gasteiger partial charge in [0.1, 0.15) is 0 Å². The molecule has 0 aliphatic carbocycles. The molecule has 0 aromatic rings. The molecule has 0 radical (unpaired) electrons. The zero-order chi connectivity index (χ0) is 30.1. The number of hydrogen-bond acceptors (Lipinski definition) is 5. The molecule has 0 fully saturated rings. The van der Waals surface area contributed by atoms with Crippen LogP contribution < -0.4 is 0 Å². The molecular formula is C36H66O5. The Kier molecular flexibility index (Phi) is 31.6. The maximum atomic E-state index is 11.3. The Morgan fingerprint density at radius 3 is 1.15 bits per heavy atom. The molecule has 0 bridgehead atoms. The minimum Gasteiger partial charge on any atom is -0.466 e. The third kappa shape index (κ3) is 31.2. The number of methoxy groups -OCH3 is 1. The summed E-state index contributed by atoms with van der Waals surface area (Å²) in [5.74, 6) is -0.130. The highest BCUT2D eigenvalue weighted by Crippen LogP contribution is 2.17. The van der Waals surface area contributed by atoms with E-state index in [0.29, 0.717) is 32.2 Å². The van der Waals surface area contributed by atoms with Crippen molar-refractivity contribution >= 4 is 11.9 Å². The van der Waals surface area contributed by atoms with E-state index in [-0.39, 0.29) is 11.9 Å². The second kappa shape index (κ2) is 32.9. The highest BCUT2D eigenvalue weighted by Gasteiger charge is 2.07. The lowest BCUT2D eigenvalue weighted by atomic mass is 10.0. The summed E-state index contributed by atoms with van der Waals surface area (Å²) in [6, 6.07) is 0. The summed E-state index contributed by atoms with van der Waals surface area (Å²) in [5.41, 5.74) is 0. The van der Waals surface area contributed by atoms with Gasteiger partial charge in [-0.2, -0.15) is 0 Å². The fraction of sp³-hybridized carbons (Fsp3) is 0.833. The van der Waals surface area contributed by atoms with Crippen LogP contribution in [-0.2, 0) is 23.8 Å². The Morgan fingerprint density at radius 2 is 0.805 bits per heavy atom. The fourth-order valence-corrected chi connectivity index (χ4v) is 5.06. The van der Waals surface area contributed by atoms with Gasteiger partial charge in [0.15, 0.2) is 0 Å². The van der Waals surface area contributed by atoms with Crippen LogP contribution in [0.25, 0.3) is 0 Å². The molecule has 0 saturated heterocycles. The molecule has 0 heterocycles. The number of carbonyl (C=O) groups excluding carboxylic acids is 2. The van der Waals surface area contributed by atoms with E-state index in [0.717, 1.165) is 38.5 Å². The lowest BCUT2D eigenvalue weighted by molar-refractivity contribution is -0.144. The van der Waals surface area contributed by atoms with E-state index in [1.165, 1.54) is 103 Å². The van der Waals surface area contributed by atoms with E-state index in [1.54, 1.807) is 0 Å². The number of hydrogen-bond donors (Lipinski definition) is 0. The van der Waals surface area contributed by atoms with Crippen LogP contribution in [0.4, 0.5) is 0 Å². The van der Waals surface area contributed by atoms with E-state index in [9.17, 15) is 9.59 Å². The predicted octanol–water partition coefficient (Wildman–Crippen LogP) is 10.6. The van der Waals surface area contributed by atoms with Crippen LogP contribution in [0.5, 0.6) is 0 Å². The number of allylic oxidation sites excluding steroid dienone is 4. The highest BCUT2D eigenvalue weighted by atomic mass is 16.5. The Morgan fingerprint density at radius 1 is 0.488 bits per heavy atom. The van der Waals surface area contributed by atoms with Crippen LogP contribution in [0.15, 0.2) is 24.3 Å². The third-order valence-electron chi connectivity index (χ3n) is 7.57. The van der Waals surface area contributed by atoms with E-state index in [4.69, 9.17) is 14.2 Å². The average molecular weight is 579 g/mol. The van der Waals surface area contributed by atoms with Crippen LogP contribution in [0.3, 0.4) is 0 Å². The van der Waals surface area contributed by atoms with Crippen molar-refractivity contribution in [3.8, 4) is 0 Å². The van der Waals surface area contributed by atoms with Crippen molar-refractivity contribution in [1.82, 2.24) is 0 Å². The van der Waals surface area contributed by atoms with Gasteiger partial charge in [-0.05, 0) is 90.9 Å². The van der Waals surface area contributed by atoms with Gasteiger partial charge in [0.05, 0.1) is 19.3 Å². The summed E-state index contributed by atoms with van der Waals surface area (Å²) in [5, 5.41) is 0. The van der Waals surface area contributed by atoms with Gasteiger partial charge in [-0.25, -0.2) is 0 Å². The van der Waals surface area contributed by atoms with Gasteiger partial charge < -0.3 is 14.2 Å². The van der Waals surface area contributed by atoms with Gasteiger partial charge in [-0.1, -0.05) is 88.5 Å². The largest absolute Gasteiger partial charge is 0.466 e. The summed E-state index contributed by atoms with van der Waals surface area (Å²) >= 11 is 0. The zero-order valence-corrected chi connectivity index (χ0v) is 27.3. The number of ether oxygens (including phenoxy) is 3. The Balaban J connectivity index is 3.41. The molecule has 0 unspecified atom stereocenters. The van der Waals surface area contributed by atoms with E-state index < -0.39 is 0 Å². The predicted molar refractivity (Wildman–Crippen MR) is 173 cm³/mol. The van der Waals surface area contributed by atoms with Gasteiger partial charge >= 0.3 is 11.9 Å². The summed E-state index contributed by atoms with van der Waals surface area (Å²) in [4.78, 5) is 22.6. The Hall–Kier alpha value is -1.62. The summed E-state index contributed by atoms with van der Waals surface area (Å²) < 4.78 is 15.6. The normalized spacial score (nSPS) is 11.7. The Bertz CT molecular complexity index is 575. The monoisotopic (exact) mass is 578 g/mol. The van der Waals surface area contributed by atoms with Crippen molar-refractivity contribution in [3.63, 3.8) is 0 Å². The fourth-order valence-electron chi connectivity index (χ4n) is 5.06. The zero-order valence-electron chi connectivity index (χ0n) is 27.3. The lowest BCUT2D eigenvalue weighted by Crippen LogP contribution is -2.10. The standard InChI is InChI=1S/C36H66O5/c1-4-40-35(37)32-28-24-20-16-12-8-6-10-14-18-22-26-30-34(39-3)31-27-23-19-15-11-7-9-13-17-21-25-29-33-36(38)41-5-2/h12-13,16-17,34H,4-11,14-15,18-33H2,1-3H3/b16-12-,17-13-. The van der Waals surface area contributed by atoms with Gasteiger partial charge in [-0.15, -0.1) is 0 Å². The van der Waals surface area contributed by atoms with Crippen LogP contribution >= 0.6 is 0 Å². The lowest BCUT2D eigenvalue weighted by Gasteiger charge is -2.15. The first-order chi connectivity index (χ1) is 20.1. The molecule has 0 rings (SSSR count). The maximum absolute atomic E-state index is 11.3. The first-order valence-corrected chi connectivity index (χ1v) is 17.3. The number of unbranched alkanes of at least 4 members (excludes halogenated alkanes) is 16. The molecule has 0 aromatic heterocycles. The van der Waals surface area contributed by atoms with Crippen molar-refractivity contribution in [2.75, 3.05) is 20.3 Å². The molecule has 0 spiro atoms. The summed E-state index contributed by atoms with van der Waals surface area (Å²) in [6.07, 6.45) is 37.5. The molecule has 0 atom stereocenters. The molecule has 0 amide bonds. The van der Waals surface area contributed by atoms with Gasteiger partial charge in [0, 0.05) is 20.0 Å². The van der Waals surface area contributed by atoms with Crippen molar-refractivity contribution in [3.05, 3.63) is 24.3 Å². The minimum absolute atomic E-state index is 0.0648. The molecule has 0 saturated carbocycles. The second-order valence-electron chi connectivity index (χ2n) is 11.3. The van der Waals surface area contributed by atoms with Crippen LogP contribution in [0.2, 0.25) is 0 Å². The summed E-state index contributed by atoms with van der Waals surface area (Å²) in [7, 11) is 1.88. The SMILES string of the molecule is CCOC(=O)CCCC/C=C\CCCCCCCCC(CCCCCCCC/C=C\CCCCC(=O)OCC)OC. The Labute approximate surface area is 254 Å². The third-order valence-corrected chi connectivity index (χ3v) is 7.57. The van der Waals surface area contributed by atoms with Crippen LogP contribution in [-0.4, -0.2) is 38.4 Å². The van der Waals surface area contributed by atoms with Crippen LogP contribution in [0.1, 0.15) is 168 Å². The van der Waals surface area contributed by atoms with Gasteiger partial charge in [-0.3, -0.25) is 9.59 Å². The molecule has 0 aromatic carbocycles. The molecule has 5 nitrogen and oxygen atoms in total. The number of rotatable bonds is 31. The van der Waals surface area contributed by atoms with E-state index in [1.807, 2.05) is 21.0 Å². The van der Waals surface area contributed by atoms with E-state index in [2.05, 4.69) is 24.3 Å². The maximum Gasteiger partial charge on any atom is 0.305 e. The molecule has 0 N–H and O–H groups in total. The van der Waals surface area contributed by atoms with Crippen molar-refractivity contribution in [2.24, 2.45) is 0 Å². The van der Waals surface area contributed by atoms with Crippen molar-refractivity contribution in [1.29, 1.82) is 0 Å². The first kappa shape index (κ1) is 39.4. The number of carbonyl (C=O) groups is 2. The topological polar surface area (TPSA) is 61.8 Å². The van der Waals surface area contributed by atoms with Gasteiger partial charge in [0.2, 0.25) is 0 Å². The second-order valence-corrected chi connectivity index (χ2v) is 11.3. The molecule has 41 heavy (non-hydrogen) atoms. The van der Waals surface area contributed by atoms with Crippen molar-refractivity contribution < 1.29 is 23.8 Å². The molecule has 0 aliphatic rings. The first-order valence-electron chi connectivity index (χ1n) is 17.3.